The van der Waals surface area contributed by atoms with Gasteiger partial charge in [-0.25, -0.2) is 4.79 Å². The number of nitrogens with one attached hydrogen (secondary N) is 2. The first kappa shape index (κ1) is 21.1. The molecule has 0 fully saturated rings. The van der Waals surface area contributed by atoms with Gasteiger partial charge in [0.05, 0.1) is 6.54 Å². The zero-order valence-electron chi connectivity index (χ0n) is 17.1. The molecule has 0 atom stereocenters. The Hall–Kier alpha value is -3.61. The Balaban J connectivity index is 1.33. The Kier molecular flexibility index (Phi) is 7.60. The van der Waals surface area contributed by atoms with E-state index < -0.39 is 0 Å². The maximum absolute atomic E-state index is 12.1. The van der Waals surface area contributed by atoms with Crippen molar-refractivity contribution in [2.24, 2.45) is 0 Å². The van der Waals surface area contributed by atoms with Gasteiger partial charge in [-0.1, -0.05) is 54.6 Å². The van der Waals surface area contributed by atoms with E-state index in [0.29, 0.717) is 19.6 Å². The third-order valence-corrected chi connectivity index (χ3v) is 4.65. The summed E-state index contributed by atoms with van der Waals surface area (Å²) in [6.45, 7) is 2.00. The summed E-state index contributed by atoms with van der Waals surface area (Å²) in [5.41, 5.74) is 3.24. The second kappa shape index (κ2) is 10.8. The molecule has 0 aliphatic heterocycles. The summed E-state index contributed by atoms with van der Waals surface area (Å²) in [4.78, 5) is 25.8. The van der Waals surface area contributed by atoms with Crippen molar-refractivity contribution < 1.29 is 9.59 Å². The van der Waals surface area contributed by atoms with E-state index in [-0.39, 0.29) is 18.4 Å². The molecule has 0 unspecified atom stereocenters. The average molecular weight is 406 g/mol. The van der Waals surface area contributed by atoms with E-state index >= 15 is 0 Å². The van der Waals surface area contributed by atoms with E-state index in [1.54, 1.807) is 18.1 Å². The van der Waals surface area contributed by atoms with Gasteiger partial charge in [0.25, 0.3) is 0 Å². The van der Waals surface area contributed by atoms with Crippen LogP contribution in [0.25, 0.3) is 0 Å². The number of hydrogen-bond donors (Lipinski definition) is 2. The van der Waals surface area contributed by atoms with Crippen LogP contribution in [0, 0.1) is 0 Å². The second-order valence-corrected chi connectivity index (χ2v) is 7.12. The van der Waals surface area contributed by atoms with E-state index in [1.165, 1.54) is 0 Å². The van der Waals surface area contributed by atoms with Crippen molar-refractivity contribution in [2.75, 3.05) is 13.6 Å². The van der Waals surface area contributed by atoms with Crippen molar-refractivity contribution in [3.63, 3.8) is 0 Å². The first-order valence-corrected chi connectivity index (χ1v) is 9.95. The van der Waals surface area contributed by atoms with Crippen LogP contribution in [0.15, 0.2) is 73.1 Å². The zero-order chi connectivity index (χ0) is 21.2. The number of carbonyl (C=O) groups is 2. The van der Waals surface area contributed by atoms with Gasteiger partial charge in [-0.3, -0.25) is 9.48 Å². The maximum atomic E-state index is 12.1. The number of hydrogen-bond acceptors (Lipinski definition) is 3. The summed E-state index contributed by atoms with van der Waals surface area (Å²) in [6.07, 6.45) is 3.92. The van der Waals surface area contributed by atoms with E-state index in [4.69, 9.17) is 0 Å². The molecule has 0 aliphatic rings. The molecule has 1 aromatic heterocycles. The minimum Gasteiger partial charge on any atom is -0.352 e. The number of aromatic nitrogens is 2. The second-order valence-electron chi connectivity index (χ2n) is 7.12. The van der Waals surface area contributed by atoms with E-state index in [2.05, 4.69) is 15.7 Å². The molecule has 156 valence electrons. The fraction of sp³-hybridized carbons (Fsp3) is 0.261. The largest absolute Gasteiger partial charge is 0.352 e. The fourth-order valence-electron chi connectivity index (χ4n) is 2.98. The smallest absolute Gasteiger partial charge is 0.317 e. The van der Waals surface area contributed by atoms with Crippen molar-refractivity contribution in [3.8, 4) is 0 Å². The Morgan fingerprint density at radius 3 is 2.37 bits per heavy atom. The van der Waals surface area contributed by atoms with Crippen LogP contribution >= 0.6 is 0 Å². The molecule has 0 radical (unpaired) electrons. The highest BCUT2D eigenvalue weighted by atomic mass is 16.2. The van der Waals surface area contributed by atoms with Crippen LogP contribution in [0.2, 0.25) is 0 Å². The summed E-state index contributed by atoms with van der Waals surface area (Å²) in [5, 5.41) is 9.86. The summed E-state index contributed by atoms with van der Waals surface area (Å²) >= 11 is 0. The average Bonchev–Trinajstić information content (AvgIpc) is 3.27. The monoisotopic (exact) mass is 405 g/mol. The van der Waals surface area contributed by atoms with Crippen LogP contribution in [0.5, 0.6) is 0 Å². The van der Waals surface area contributed by atoms with E-state index in [1.807, 2.05) is 71.5 Å². The van der Waals surface area contributed by atoms with Gasteiger partial charge in [-0.2, -0.15) is 5.10 Å². The van der Waals surface area contributed by atoms with Crippen LogP contribution in [-0.4, -0.2) is 40.2 Å². The van der Waals surface area contributed by atoms with Gasteiger partial charge < -0.3 is 15.5 Å². The molecule has 0 bridgehead atoms. The number of urea groups is 1. The molecular weight excluding hydrogens is 378 g/mol. The highest BCUT2D eigenvalue weighted by molar-refractivity contribution is 5.78. The molecule has 3 amide bonds. The maximum Gasteiger partial charge on any atom is 0.317 e. The normalized spacial score (nSPS) is 10.4. The molecule has 2 N–H and O–H groups in total. The third-order valence-electron chi connectivity index (χ3n) is 4.65. The molecule has 0 saturated heterocycles. The van der Waals surface area contributed by atoms with Gasteiger partial charge in [-0.05, 0) is 22.8 Å². The molecular formula is C23H27N5O2. The van der Waals surface area contributed by atoms with Crippen molar-refractivity contribution in [1.29, 1.82) is 0 Å². The summed E-state index contributed by atoms with van der Waals surface area (Å²) in [6, 6.07) is 19.5. The minimum atomic E-state index is -0.195. The van der Waals surface area contributed by atoms with Crippen molar-refractivity contribution in [1.82, 2.24) is 25.3 Å². The molecule has 3 rings (SSSR count). The highest BCUT2D eigenvalue weighted by Gasteiger charge is 2.09. The predicted octanol–water partition coefficient (Wildman–Crippen LogP) is 2.78. The Bertz CT molecular complexity index is 924. The fourth-order valence-corrected chi connectivity index (χ4v) is 2.98. The van der Waals surface area contributed by atoms with Gasteiger partial charge in [0.2, 0.25) is 5.91 Å². The van der Waals surface area contributed by atoms with Crippen LogP contribution in [0.3, 0.4) is 0 Å². The molecule has 7 nitrogen and oxygen atoms in total. The topological polar surface area (TPSA) is 79.3 Å². The van der Waals surface area contributed by atoms with E-state index in [9.17, 15) is 9.59 Å². The van der Waals surface area contributed by atoms with Crippen LogP contribution in [0.1, 0.15) is 23.1 Å². The molecule has 0 aliphatic carbocycles. The lowest BCUT2D eigenvalue weighted by molar-refractivity contribution is -0.121. The lowest BCUT2D eigenvalue weighted by Crippen LogP contribution is -2.38. The molecule has 30 heavy (non-hydrogen) atoms. The SMILES string of the molecule is CN(Cc1ccccc1)C(=O)NCCC(=O)NCc1ccc(Cn2cccn2)cc1. The van der Waals surface area contributed by atoms with Crippen LogP contribution < -0.4 is 10.6 Å². The summed E-state index contributed by atoms with van der Waals surface area (Å²) in [5.74, 6) is -0.0957. The molecule has 2 aromatic carbocycles. The van der Waals surface area contributed by atoms with Gasteiger partial charge >= 0.3 is 6.03 Å². The highest BCUT2D eigenvalue weighted by Crippen LogP contribution is 2.06. The molecule has 3 aromatic rings. The first-order valence-electron chi connectivity index (χ1n) is 9.95. The van der Waals surface area contributed by atoms with Gasteiger partial charge in [0.1, 0.15) is 0 Å². The molecule has 1 heterocycles. The van der Waals surface area contributed by atoms with Gasteiger partial charge in [0.15, 0.2) is 0 Å². The summed E-state index contributed by atoms with van der Waals surface area (Å²) < 4.78 is 1.86. The number of nitrogens with zero attached hydrogens (tertiary/aromatic N) is 3. The number of rotatable bonds is 9. The molecule has 0 saturated carbocycles. The van der Waals surface area contributed by atoms with Crippen molar-refractivity contribution in [3.05, 3.63) is 89.7 Å². The van der Waals surface area contributed by atoms with Gasteiger partial charge in [0, 0.05) is 45.5 Å². The Morgan fingerprint density at radius 2 is 1.67 bits per heavy atom. The number of carbonyl (C=O) groups excluding carboxylic acids is 2. The van der Waals surface area contributed by atoms with E-state index in [0.717, 1.165) is 23.2 Å². The molecule has 7 heteroatoms. The standard InChI is InChI=1S/C23H27N5O2/c1-27(17-20-6-3-2-4-7-20)23(30)24-14-12-22(29)25-16-19-8-10-21(11-9-19)18-28-15-5-13-26-28/h2-11,13,15H,12,14,16-18H2,1H3,(H,24,30)(H,25,29). The van der Waals surface area contributed by atoms with Gasteiger partial charge in [-0.15, -0.1) is 0 Å². The third kappa shape index (κ3) is 6.77. The first-order chi connectivity index (χ1) is 14.6. The predicted molar refractivity (Wildman–Crippen MR) is 116 cm³/mol. The lowest BCUT2D eigenvalue weighted by Gasteiger charge is -2.18. The quantitative estimate of drug-likeness (QED) is 0.575. The van der Waals surface area contributed by atoms with Crippen LogP contribution in [0.4, 0.5) is 4.79 Å². The lowest BCUT2D eigenvalue weighted by atomic mass is 10.1. The zero-order valence-corrected chi connectivity index (χ0v) is 17.1. The van der Waals surface area contributed by atoms with Crippen LogP contribution in [-0.2, 0) is 24.4 Å². The molecule has 0 spiro atoms. The number of amides is 3. The summed E-state index contributed by atoms with van der Waals surface area (Å²) in [7, 11) is 1.73. The minimum absolute atomic E-state index is 0.0957. The Morgan fingerprint density at radius 1 is 0.933 bits per heavy atom. The van der Waals surface area contributed by atoms with Crippen molar-refractivity contribution in [2.45, 2.75) is 26.1 Å². The number of benzene rings is 2. The Labute approximate surface area is 176 Å². The van der Waals surface area contributed by atoms with Crippen molar-refractivity contribution >= 4 is 11.9 Å².